The minimum absolute atomic E-state index is 0.210. The molecule has 1 aliphatic rings. The first-order valence-corrected chi connectivity index (χ1v) is 7.49. The van der Waals surface area contributed by atoms with Crippen molar-refractivity contribution < 1.29 is 9.53 Å². The van der Waals surface area contributed by atoms with E-state index < -0.39 is 0 Å². The summed E-state index contributed by atoms with van der Waals surface area (Å²) in [6.07, 6.45) is 3.14. The zero-order chi connectivity index (χ0) is 14.2. The third-order valence-electron chi connectivity index (χ3n) is 3.25. The fourth-order valence-electron chi connectivity index (χ4n) is 1.96. The lowest BCUT2D eigenvalue weighted by atomic mass is 10.2. The molecule has 4 nitrogen and oxygen atoms in total. The van der Waals surface area contributed by atoms with Crippen molar-refractivity contribution in [2.45, 2.75) is 32.7 Å². The Balaban J connectivity index is 1.61. The van der Waals surface area contributed by atoms with E-state index in [1.165, 1.54) is 5.56 Å². The predicted molar refractivity (Wildman–Crippen MR) is 79.7 cm³/mol. The lowest BCUT2D eigenvalue weighted by molar-refractivity contribution is -0.122. The van der Waals surface area contributed by atoms with Gasteiger partial charge in [-0.2, -0.15) is 0 Å². The number of ether oxygens (including phenoxy) is 1. The molecule has 20 heavy (non-hydrogen) atoms. The second-order valence-electron chi connectivity index (χ2n) is 5.24. The fraction of sp³-hybridized carbons (Fsp3) is 0.562. The van der Waals surface area contributed by atoms with Crippen molar-refractivity contribution in [3.63, 3.8) is 0 Å². The zero-order valence-corrected chi connectivity index (χ0v) is 12.2. The lowest BCUT2D eigenvalue weighted by Crippen LogP contribution is -2.32. The number of carbonyl (C=O) groups is 1. The van der Waals surface area contributed by atoms with Crippen molar-refractivity contribution in [3.05, 3.63) is 29.8 Å². The van der Waals surface area contributed by atoms with Gasteiger partial charge < -0.3 is 15.4 Å². The quantitative estimate of drug-likeness (QED) is 0.679. The summed E-state index contributed by atoms with van der Waals surface area (Å²) in [7, 11) is 0. The summed E-state index contributed by atoms with van der Waals surface area (Å²) in [5.74, 6) is 1.43. The van der Waals surface area contributed by atoms with Gasteiger partial charge >= 0.3 is 0 Å². The zero-order valence-electron chi connectivity index (χ0n) is 12.2. The van der Waals surface area contributed by atoms with E-state index in [9.17, 15) is 4.79 Å². The molecule has 0 bridgehead atoms. The molecule has 0 saturated heterocycles. The molecule has 0 aromatic heterocycles. The molecule has 1 fully saturated rings. The molecule has 2 N–H and O–H groups in total. The van der Waals surface area contributed by atoms with E-state index >= 15 is 0 Å². The Morgan fingerprint density at radius 3 is 2.95 bits per heavy atom. The maximum absolute atomic E-state index is 11.4. The van der Waals surface area contributed by atoms with Gasteiger partial charge in [-0.1, -0.05) is 19.1 Å². The second-order valence-corrected chi connectivity index (χ2v) is 5.24. The Morgan fingerprint density at radius 2 is 2.20 bits per heavy atom. The van der Waals surface area contributed by atoms with Gasteiger partial charge in [0.15, 0.2) is 0 Å². The van der Waals surface area contributed by atoms with Crippen LogP contribution in [-0.2, 0) is 11.3 Å². The molecule has 0 spiro atoms. The number of hydrogen-bond donors (Lipinski definition) is 2. The summed E-state index contributed by atoms with van der Waals surface area (Å²) in [5.41, 5.74) is 1.20. The summed E-state index contributed by atoms with van der Waals surface area (Å²) in [5, 5.41) is 6.27. The number of hydrogen-bond acceptors (Lipinski definition) is 3. The molecular weight excluding hydrogens is 252 g/mol. The molecule has 1 aromatic rings. The number of amides is 1. The number of nitrogens with one attached hydrogen (secondary N) is 2. The standard InChI is InChI=1S/C16H24N2O2/c1-2-10-20-15-5-3-4-13(11-15)12-17-8-9-18-16(19)14-6-7-14/h3-5,11,14,17H,2,6-10,12H2,1H3,(H,18,19). The minimum Gasteiger partial charge on any atom is -0.494 e. The number of carbonyl (C=O) groups excluding carboxylic acids is 1. The largest absolute Gasteiger partial charge is 0.494 e. The average Bonchev–Trinajstić information content (AvgIpc) is 3.29. The van der Waals surface area contributed by atoms with Gasteiger partial charge in [0, 0.05) is 25.6 Å². The Hall–Kier alpha value is -1.55. The van der Waals surface area contributed by atoms with E-state index in [2.05, 4.69) is 29.7 Å². The number of benzene rings is 1. The highest BCUT2D eigenvalue weighted by molar-refractivity contribution is 5.80. The molecule has 1 aromatic carbocycles. The summed E-state index contributed by atoms with van der Waals surface area (Å²) in [6, 6.07) is 8.13. The SMILES string of the molecule is CCCOc1cccc(CNCCNC(=O)C2CC2)c1. The molecule has 1 saturated carbocycles. The lowest BCUT2D eigenvalue weighted by Gasteiger charge is -2.09. The van der Waals surface area contributed by atoms with Crippen LogP contribution in [-0.4, -0.2) is 25.6 Å². The van der Waals surface area contributed by atoms with E-state index in [1.54, 1.807) is 0 Å². The topological polar surface area (TPSA) is 50.4 Å². The van der Waals surface area contributed by atoms with Gasteiger partial charge in [-0.05, 0) is 37.0 Å². The van der Waals surface area contributed by atoms with Crippen molar-refractivity contribution in [2.24, 2.45) is 5.92 Å². The van der Waals surface area contributed by atoms with Crippen LogP contribution in [0.3, 0.4) is 0 Å². The maximum Gasteiger partial charge on any atom is 0.223 e. The van der Waals surface area contributed by atoms with Gasteiger partial charge in [-0.15, -0.1) is 0 Å². The van der Waals surface area contributed by atoms with Crippen LogP contribution in [0.4, 0.5) is 0 Å². The first-order valence-electron chi connectivity index (χ1n) is 7.49. The Bertz CT molecular complexity index is 430. The Labute approximate surface area is 120 Å². The molecule has 0 heterocycles. The third-order valence-corrected chi connectivity index (χ3v) is 3.25. The van der Waals surface area contributed by atoms with Gasteiger partial charge in [0.25, 0.3) is 0 Å². The van der Waals surface area contributed by atoms with Crippen molar-refractivity contribution in [3.8, 4) is 5.75 Å². The van der Waals surface area contributed by atoms with Crippen molar-refractivity contribution in [1.29, 1.82) is 0 Å². The third kappa shape index (κ3) is 5.21. The highest BCUT2D eigenvalue weighted by Gasteiger charge is 2.28. The molecule has 0 radical (unpaired) electrons. The van der Waals surface area contributed by atoms with Crippen molar-refractivity contribution in [2.75, 3.05) is 19.7 Å². The average molecular weight is 276 g/mol. The van der Waals surface area contributed by atoms with E-state index in [1.807, 2.05) is 12.1 Å². The van der Waals surface area contributed by atoms with Crippen LogP contribution in [0.2, 0.25) is 0 Å². The first-order chi connectivity index (χ1) is 9.79. The van der Waals surface area contributed by atoms with Crippen molar-refractivity contribution >= 4 is 5.91 Å². The molecule has 2 rings (SSSR count). The highest BCUT2D eigenvalue weighted by Crippen LogP contribution is 2.28. The van der Waals surface area contributed by atoms with E-state index in [0.717, 1.165) is 44.7 Å². The minimum atomic E-state index is 0.210. The molecule has 0 unspecified atom stereocenters. The summed E-state index contributed by atoms with van der Waals surface area (Å²) >= 11 is 0. The van der Waals surface area contributed by atoms with Crippen LogP contribution in [0.1, 0.15) is 31.7 Å². The van der Waals surface area contributed by atoms with Gasteiger partial charge in [0.1, 0.15) is 5.75 Å². The van der Waals surface area contributed by atoms with Gasteiger partial charge in [0.05, 0.1) is 6.61 Å². The number of rotatable bonds is 9. The monoisotopic (exact) mass is 276 g/mol. The van der Waals surface area contributed by atoms with E-state index in [0.29, 0.717) is 12.5 Å². The molecule has 1 amide bonds. The second kappa shape index (κ2) is 7.90. The molecule has 0 aliphatic heterocycles. The van der Waals surface area contributed by atoms with Gasteiger partial charge in [-0.25, -0.2) is 0 Å². The van der Waals surface area contributed by atoms with Crippen LogP contribution in [0.15, 0.2) is 24.3 Å². The highest BCUT2D eigenvalue weighted by atomic mass is 16.5. The van der Waals surface area contributed by atoms with Crippen LogP contribution < -0.4 is 15.4 Å². The fourth-order valence-corrected chi connectivity index (χ4v) is 1.96. The van der Waals surface area contributed by atoms with E-state index in [4.69, 9.17) is 4.74 Å². The Morgan fingerprint density at radius 1 is 1.35 bits per heavy atom. The Kier molecular flexibility index (Phi) is 5.87. The van der Waals surface area contributed by atoms with Crippen molar-refractivity contribution in [1.82, 2.24) is 10.6 Å². The van der Waals surface area contributed by atoms with E-state index in [-0.39, 0.29) is 5.91 Å². The van der Waals surface area contributed by atoms with Crippen LogP contribution >= 0.6 is 0 Å². The summed E-state index contributed by atoms with van der Waals surface area (Å²) in [4.78, 5) is 11.4. The molecule has 110 valence electrons. The van der Waals surface area contributed by atoms with Gasteiger partial charge in [0.2, 0.25) is 5.91 Å². The first kappa shape index (κ1) is 14.9. The molecule has 1 aliphatic carbocycles. The molecular formula is C16H24N2O2. The molecule has 0 atom stereocenters. The smallest absolute Gasteiger partial charge is 0.223 e. The van der Waals surface area contributed by atoms with Crippen LogP contribution in [0.5, 0.6) is 5.75 Å². The van der Waals surface area contributed by atoms with Crippen LogP contribution in [0.25, 0.3) is 0 Å². The summed E-state index contributed by atoms with van der Waals surface area (Å²) < 4.78 is 5.60. The predicted octanol–water partition coefficient (Wildman–Crippen LogP) is 2.09. The molecule has 4 heteroatoms. The van der Waals surface area contributed by atoms with Gasteiger partial charge in [-0.3, -0.25) is 4.79 Å². The maximum atomic E-state index is 11.4. The normalized spacial score (nSPS) is 14.1. The van der Waals surface area contributed by atoms with Crippen LogP contribution in [0, 0.1) is 5.92 Å². The summed E-state index contributed by atoms with van der Waals surface area (Å²) in [6.45, 7) is 5.13.